The Morgan fingerprint density at radius 1 is 1.29 bits per heavy atom. The van der Waals surface area contributed by atoms with E-state index in [1.54, 1.807) is 4.90 Å². The molecule has 1 saturated carbocycles. The lowest BCUT2D eigenvalue weighted by atomic mass is 9.94. The molecule has 0 bridgehead atoms. The number of hydrogen-bond acceptors (Lipinski definition) is 5. The van der Waals surface area contributed by atoms with Crippen molar-refractivity contribution in [2.24, 2.45) is 25.9 Å². The summed E-state index contributed by atoms with van der Waals surface area (Å²) in [5.74, 6) is -0.524. The van der Waals surface area contributed by atoms with Gasteiger partial charge in [0.1, 0.15) is 6.04 Å². The van der Waals surface area contributed by atoms with Crippen molar-refractivity contribution in [2.75, 3.05) is 11.4 Å². The summed E-state index contributed by atoms with van der Waals surface area (Å²) < 4.78 is 2.04. The van der Waals surface area contributed by atoms with Crippen LogP contribution in [0.15, 0.2) is 9.59 Å². The fraction of sp³-hybridized carbons (Fsp3) is 0.692. The van der Waals surface area contributed by atoms with Crippen molar-refractivity contribution in [3.05, 3.63) is 20.8 Å². The standard InChI is InChI=1S/C13H18N4O4/c1-15-11(18)10(14-16(2)13(15)21)17-6-7-4-3-5-8(7)9(17)12(19)20/h7-9H,3-6H2,1-2H3,(H,19,20). The maximum atomic E-state index is 12.3. The van der Waals surface area contributed by atoms with E-state index in [-0.39, 0.29) is 17.7 Å². The lowest BCUT2D eigenvalue weighted by Crippen LogP contribution is -2.47. The second-order valence-corrected chi connectivity index (χ2v) is 5.88. The van der Waals surface area contributed by atoms with Crippen LogP contribution in [0.25, 0.3) is 0 Å². The summed E-state index contributed by atoms with van der Waals surface area (Å²) in [6.07, 6.45) is 2.88. The number of aliphatic carboxylic acids is 1. The Hall–Kier alpha value is -2.12. The highest BCUT2D eigenvalue weighted by molar-refractivity contribution is 5.79. The number of rotatable bonds is 2. The van der Waals surface area contributed by atoms with Gasteiger partial charge in [-0.1, -0.05) is 6.42 Å². The van der Waals surface area contributed by atoms with Crippen LogP contribution in [0.3, 0.4) is 0 Å². The molecule has 2 aliphatic rings. The van der Waals surface area contributed by atoms with Crippen LogP contribution in [0.5, 0.6) is 0 Å². The Morgan fingerprint density at radius 2 is 2.00 bits per heavy atom. The molecule has 0 spiro atoms. The first kappa shape index (κ1) is 13.8. The van der Waals surface area contributed by atoms with Crippen LogP contribution in [0, 0.1) is 11.8 Å². The van der Waals surface area contributed by atoms with Gasteiger partial charge >= 0.3 is 11.7 Å². The fourth-order valence-electron chi connectivity index (χ4n) is 3.70. The summed E-state index contributed by atoms with van der Waals surface area (Å²) in [6.45, 7) is 0.516. The molecule has 0 radical (unpaired) electrons. The molecule has 1 aromatic heterocycles. The molecular weight excluding hydrogens is 276 g/mol. The van der Waals surface area contributed by atoms with Gasteiger partial charge in [-0.05, 0) is 24.7 Å². The molecule has 2 fully saturated rings. The molecule has 3 atom stereocenters. The summed E-state index contributed by atoms with van der Waals surface area (Å²) in [5, 5.41) is 13.5. The third kappa shape index (κ3) is 1.97. The van der Waals surface area contributed by atoms with Crippen LogP contribution in [0.4, 0.5) is 5.82 Å². The highest BCUT2D eigenvalue weighted by atomic mass is 16.4. The van der Waals surface area contributed by atoms with E-state index in [2.05, 4.69) is 5.10 Å². The van der Waals surface area contributed by atoms with Crippen LogP contribution in [0.1, 0.15) is 19.3 Å². The molecule has 21 heavy (non-hydrogen) atoms. The van der Waals surface area contributed by atoms with Gasteiger partial charge in [0.15, 0.2) is 0 Å². The SMILES string of the molecule is Cn1nc(N2CC3CCCC3C2C(=O)O)c(=O)n(C)c1=O. The Balaban J connectivity index is 2.10. The highest BCUT2D eigenvalue weighted by Gasteiger charge is 2.49. The number of carboxylic acids is 1. The second kappa shape index (κ2) is 4.71. The normalized spacial score (nSPS) is 27.9. The molecule has 0 amide bonds. The lowest BCUT2D eigenvalue weighted by Gasteiger charge is -2.24. The Labute approximate surface area is 120 Å². The molecule has 8 heteroatoms. The molecular formula is C13H18N4O4. The monoisotopic (exact) mass is 294 g/mol. The predicted octanol–water partition coefficient (Wildman–Crippen LogP) is -0.831. The zero-order valence-electron chi connectivity index (χ0n) is 12.0. The zero-order chi connectivity index (χ0) is 15.3. The molecule has 1 aliphatic carbocycles. The third-order valence-corrected chi connectivity index (χ3v) is 4.72. The first-order valence-electron chi connectivity index (χ1n) is 7.05. The maximum absolute atomic E-state index is 12.3. The van der Waals surface area contributed by atoms with Gasteiger partial charge in [-0.2, -0.15) is 0 Å². The van der Waals surface area contributed by atoms with Crippen molar-refractivity contribution in [3.63, 3.8) is 0 Å². The predicted molar refractivity (Wildman–Crippen MR) is 74.3 cm³/mol. The second-order valence-electron chi connectivity index (χ2n) is 5.88. The van der Waals surface area contributed by atoms with Crippen LogP contribution in [-0.2, 0) is 18.9 Å². The van der Waals surface area contributed by atoms with E-state index in [1.807, 2.05) is 0 Å². The van der Waals surface area contributed by atoms with Crippen LogP contribution in [-0.4, -0.2) is 38.0 Å². The van der Waals surface area contributed by atoms with Gasteiger partial charge in [0.2, 0.25) is 5.82 Å². The summed E-state index contributed by atoms with van der Waals surface area (Å²) in [4.78, 5) is 37.2. The van der Waals surface area contributed by atoms with Crippen molar-refractivity contribution in [3.8, 4) is 0 Å². The highest BCUT2D eigenvalue weighted by Crippen LogP contribution is 2.42. The largest absolute Gasteiger partial charge is 0.480 e. The van der Waals surface area contributed by atoms with Crippen LogP contribution < -0.4 is 16.1 Å². The number of carbonyl (C=O) groups is 1. The summed E-state index contributed by atoms with van der Waals surface area (Å²) >= 11 is 0. The minimum atomic E-state index is -0.929. The summed E-state index contributed by atoms with van der Waals surface area (Å²) in [6, 6.07) is -0.727. The average molecular weight is 294 g/mol. The van der Waals surface area contributed by atoms with E-state index < -0.39 is 23.3 Å². The number of fused-ring (bicyclic) bond motifs is 1. The van der Waals surface area contributed by atoms with E-state index in [9.17, 15) is 19.5 Å². The first-order chi connectivity index (χ1) is 9.91. The van der Waals surface area contributed by atoms with E-state index >= 15 is 0 Å². The smallest absolute Gasteiger partial charge is 0.346 e. The molecule has 2 heterocycles. The number of nitrogens with zero attached hydrogens (tertiary/aromatic N) is 4. The number of anilines is 1. The third-order valence-electron chi connectivity index (χ3n) is 4.72. The number of aromatic nitrogens is 3. The minimum Gasteiger partial charge on any atom is -0.480 e. The molecule has 3 rings (SSSR count). The number of carboxylic acid groups (broad SMARTS) is 1. The van der Waals surface area contributed by atoms with Crippen LogP contribution >= 0.6 is 0 Å². The van der Waals surface area contributed by atoms with Gasteiger partial charge in [0.25, 0.3) is 5.56 Å². The van der Waals surface area contributed by atoms with Crippen molar-refractivity contribution < 1.29 is 9.90 Å². The topological polar surface area (TPSA) is 97.4 Å². The molecule has 1 aromatic rings. The van der Waals surface area contributed by atoms with E-state index in [1.165, 1.54) is 14.1 Å². The zero-order valence-corrected chi connectivity index (χ0v) is 12.0. The van der Waals surface area contributed by atoms with Crippen molar-refractivity contribution in [1.29, 1.82) is 0 Å². The van der Waals surface area contributed by atoms with Crippen molar-refractivity contribution in [2.45, 2.75) is 25.3 Å². The van der Waals surface area contributed by atoms with Gasteiger partial charge in [0, 0.05) is 20.6 Å². The van der Waals surface area contributed by atoms with Crippen LogP contribution in [0.2, 0.25) is 0 Å². The lowest BCUT2D eigenvalue weighted by molar-refractivity contribution is -0.139. The number of aryl methyl sites for hydroxylation is 1. The van der Waals surface area contributed by atoms with Crippen molar-refractivity contribution in [1.82, 2.24) is 14.3 Å². The fourth-order valence-corrected chi connectivity index (χ4v) is 3.70. The Bertz CT molecular complexity index is 707. The van der Waals surface area contributed by atoms with Gasteiger partial charge in [-0.25, -0.2) is 14.3 Å². The van der Waals surface area contributed by atoms with E-state index in [0.717, 1.165) is 28.5 Å². The van der Waals surface area contributed by atoms with Gasteiger partial charge in [0.05, 0.1) is 0 Å². The molecule has 114 valence electrons. The molecule has 3 unspecified atom stereocenters. The quantitative estimate of drug-likeness (QED) is 0.764. The Morgan fingerprint density at radius 3 is 2.67 bits per heavy atom. The summed E-state index contributed by atoms with van der Waals surface area (Å²) in [5.41, 5.74) is -1.06. The molecule has 0 aromatic carbocycles. The summed E-state index contributed by atoms with van der Waals surface area (Å²) in [7, 11) is 2.83. The minimum absolute atomic E-state index is 0.0569. The van der Waals surface area contributed by atoms with Gasteiger partial charge < -0.3 is 10.0 Å². The maximum Gasteiger partial charge on any atom is 0.346 e. The molecule has 1 aliphatic heterocycles. The van der Waals surface area contributed by atoms with Gasteiger partial charge in [-0.3, -0.25) is 9.36 Å². The van der Waals surface area contributed by atoms with Gasteiger partial charge in [-0.15, -0.1) is 5.10 Å². The average Bonchev–Trinajstić information content (AvgIpc) is 3.00. The molecule has 1 saturated heterocycles. The van der Waals surface area contributed by atoms with E-state index in [0.29, 0.717) is 6.54 Å². The molecule has 8 nitrogen and oxygen atoms in total. The first-order valence-corrected chi connectivity index (χ1v) is 7.05. The van der Waals surface area contributed by atoms with Crippen molar-refractivity contribution >= 4 is 11.8 Å². The van der Waals surface area contributed by atoms with E-state index in [4.69, 9.17) is 0 Å². The Kier molecular flexibility index (Phi) is 3.11. The number of hydrogen-bond donors (Lipinski definition) is 1. The molecule has 1 N–H and O–H groups in total.